The second-order valence-corrected chi connectivity index (χ2v) is 9.04. The van der Waals surface area contributed by atoms with Crippen molar-refractivity contribution in [1.29, 1.82) is 0 Å². The molecule has 162 valence electrons. The van der Waals surface area contributed by atoms with E-state index in [0.717, 1.165) is 41.2 Å². The number of fused-ring (bicyclic) bond motifs is 1. The van der Waals surface area contributed by atoms with Crippen LogP contribution >= 0.6 is 0 Å². The molecule has 4 heteroatoms. The number of nitrogens with zero attached hydrogens (tertiary/aromatic N) is 1. The molecule has 1 amide bonds. The highest BCUT2D eigenvalue weighted by Crippen LogP contribution is 2.26. The Morgan fingerprint density at radius 2 is 1.94 bits per heavy atom. The fourth-order valence-corrected chi connectivity index (χ4v) is 4.65. The van der Waals surface area contributed by atoms with Gasteiger partial charge in [-0.2, -0.15) is 0 Å². The van der Waals surface area contributed by atoms with Crippen molar-refractivity contribution in [2.75, 3.05) is 19.6 Å². The van der Waals surface area contributed by atoms with Gasteiger partial charge in [0.25, 0.3) is 5.91 Å². The van der Waals surface area contributed by atoms with E-state index in [-0.39, 0.29) is 5.91 Å². The van der Waals surface area contributed by atoms with Crippen molar-refractivity contribution in [3.63, 3.8) is 0 Å². The van der Waals surface area contributed by atoms with E-state index in [1.54, 1.807) is 4.90 Å². The third kappa shape index (κ3) is 4.96. The fraction of sp³-hybridized carbons (Fsp3) is 0.407. The summed E-state index contributed by atoms with van der Waals surface area (Å²) in [6.07, 6.45) is 5.03. The van der Waals surface area contributed by atoms with Crippen LogP contribution in [0.1, 0.15) is 54.1 Å². The van der Waals surface area contributed by atoms with E-state index in [4.69, 9.17) is 4.98 Å². The standard InChI is InChI=1S/C27H33N3O/c1-19-12-13-22(17-20(19)2)26-18-24(23-10-4-5-11-25(23)29-26)27(31)28-14-8-16-30-15-7-6-9-21(30)3/h4-5,10-13,17-18,21H,6-9,14-16H2,1-3H3,(H,28,31)/p+1. The molecule has 2 N–H and O–H groups in total. The molecule has 4 rings (SSSR count). The number of aryl methyl sites for hydroxylation is 2. The molecule has 0 radical (unpaired) electrons. The second kappa shape index (κ2) is 9.61. The lowest BCUT2D eigenvalue weighted by Gasteiger charge is -2.30. The molecule has 0 saturated carbocycles. The van der Waals surface area contributed by atoms with E-state index in [1.165, 1.54) is 36.9 Å². The minimum absolute atomic E-state index is 0.00891. The molecule has 0 aliphatic carbocycles. The van der Waals surface area contributed by atoms with Crippen molar-refractivity contribution in [1.82, 2.24) is 10.3 Å². The summed E-state index contributed by atoms with van der Waals surface area (Å²) < 4.78 is 0. The van der Waals surface area contributed by atoms with E-state index in [9.17, 15) is 4.79 Å². The SMILES string of the molecule is Cc1ccc(-c2cc(C(=O)NCCC[NH+]3CCCCC3C)c3ccccc3n2)cc1C. The zero-order valence-corrected chi connectivity index (χ0v) is 19.0. The number of nitrogens with one attached hydrogen (secondary N) is 2. The lowest BCUT2D eigenvalue weighted by atomic mass is 10.0. The van der Waals surface area contributed by atoms with Crippen LogP contribution in [0.5, 0.6) is 0 Å². The van der Waals surface area contributed by atoms with Crippen molar-refractivity contribution in [3.8, 4) is 11.3 Å². The molecule has 0 spiro atoms. The molecular formula is C27H34N3O+. The van der Waals surface area contributed by atoms with Crippen LogP contribution in [-0.4, -0.2) is 36.6 Å². The summed E-state index contributed by atoms with van der Waals surface area (Å²) in [5.74, 6) is -0.00891. The van der Waals surface area contributed by atoms with Crippen molar-refractivity contribution < 1.29 is 9.69 Å². The molecule has 1 aliphatic heterocycles. The average molecular weight is 417 g/mol. The number of benzene rings is 2. The maximum Gasteiger partial charge on any atom is 0.252 e. The van der Waals surface area contributed by atoms with Crippen LogP contribution in [0.2, 0.25) is 0 Å². The normalized spacial score (nSPS) is 18.8. The van der Waals surface area contributed by atoms with Gasteiger partial charge in [0.2, 0.25) is 0 Å². The highest BCUT2D eigenvalue weighted by atomic mass is 16.1. The Kier molecular flexibility index (Phi) is 6.67. The Bertz CT molecular complexity index is 1080. The summed E-state index contributed by atoms with van der Waals surface area (Å²) in [4.78, 5) is 19.7. The maximum atomic E-state index is 13.1. The summed E-state index contributed by atoms with van der Waals surface area (Å²) in [6.45, 7) is 9.68. The molecule has 2 atom stereocenters. The number of carbonyl (C=O) groups excluding carboxylic acids is 1. The van der Waals surface area contributed by atoms with Crippen molar-refractivity contribution in [2.45, 2.75) is 52.5 Å². The summed E-state index contributed by atoms with van der Waals surface area (Å²) in [7, 11) is 0. The predicted molar refractivity (Wildman–Crippen MR) is 128 cm³/mol. The van der Waals surface area contributed by atoms with Crippen LogP contribution in [0.25, 0.3) is 22.2 Å². The largest absolute Gasteiger partial charge is 0.352 e. The number of hydrogen-bond acceptors (Lipinski definition) is 2. The minimum Gasteiger partial charge on any atom is -0.352 e. The van der Waals surface area contributed by atoms with Gasteiger partial charge >= 0.3 is 0 Å². The van der Waals surface area contributed by atoms with Crippen LogP contribution in [0.4, 0.5) is 0 Å². The smallest absolute Gasteiger partial charge is 0.252 e. The van der Waals surface area contributed by atoms with Crippen LogP contribution in [0, 0.1) is 13.8 Å². The van der Waals surface area contributed by atoms with Gasteiger partial charge in [0.1, 0.15) is 0 Å². The summed E-state index contributed by atoms with van der Waals surface area (Å²) in [5.41, 5.74) is 5.94. The van der Waals surface area contributed by atoms with E-state index >= 15 is 0 Å². The van der Waals surface area contributed by atoms with Gasteiger partial charge in [-0.25, -0.2) is 4.98 Å². The first kappa shape index (κ1) is 21.5. The molecule has 0 bridgehead atoms. The third-order valence-electron chi connectivity index (χ3n) is 6.81. The summed E-state index contributed by atoms with van der Waals surface area (Å²) >= 11 is 0. The number of likely N-dealkylation sites (tertiary alicyclic amines) is 1. The van der Waals surface area contributed by atoms with Gasteiger partial charge in [-0.3, -0.25) is 4.79 Å². The minimum atomic E-state index is -0.00891. The lowest BCUT2D eigenvalue weighted by molar-refractivity contribution is -0.928. The molecule has 3 aromatic rings. The number of amides is 1. The number of pyridine rings is 1. The number of para-hydroxylation sites is 1. The molecule has 1 fully saturated rings. The zero-order chi connectivity index (χ0) is 21.8. The van der Waals surface area contributed by atoms with Crippen LogP contribution in [-0.2, 0) is 0 Å². The number of carbonyl (C=O) groups is 1. The molecule has 2 unspecified atom stereocenters. The van der Waals surface area contributed by atoms with Crippen molar-refractivity contribution in [2.24, 2.45) is 0 Å². The number of rotatable bonds is 6. The van der Waals surface area contributed by atoms with Gasteiger partial charge in [0.15, 0.2) is 0 Å². The molecule has 1 aliphatic rings. The highest BCUT2D eigenvalue weighted by Gasteiger charge is 2.21. The Morgan fingerprint density at radius 3 is 2.74 bits per heavy atom. The Balaban J connectivity index is 1.51. The van der Waals surface area contributed by atoms with Gasteiger partial charge in [-0.05, 0) is 69.4 Å². The van der Waals surface area contributed by atoms with E-state index in [0.29, 0.717) is 12.1 Å². The van der Waals surface area contributed by atoms with Gasteiger partial charge in [0, 0.05) is 23.9 Å². The zero-order valence-electron chi connectivity index (χ0n) is 19.0. The first-order chi connectivity index (χ1) is 15.0. The van der Waals surface area contributed by atoms with Gasteiger partial charge in [0.05, 0.1) is 35.9 Å². The van der Waals surface area contributed by atoms with Crippen LogP contribution in [0.3, 0.4) is 0 Å². The van der Waals surface area contributed by atoms with Crippen LogP contribution in [0.15, 0.2) is 48.5 Å². The topological polar surface area (TPSA) is 46.4 Å². The summed E-state index contributed by atoms with van der Waals surface area (Å²) in [6, 6.07) is 17.0. The maximum absolute atomic E-state index is 13.1. The molecular weight excluding hydrogens is 382 g/mol. The fourth-order valence-electron chi connectivity index (χ4n) is 4.65. The number of piperidine rings is 1. The van der Waals surface area contributed by atoms with Crippen molar-refractivity contribution in [3.05, 3.63) is 65.2 Å². The second-order valence-electron chi connectivity index (χ2n) is 9.04. The Labute approximate surface area is 185 Å². The summed E-state index contributed by atoms with van der Waals surface area (Å²) in [5, 5.41) is 4.07. The first-order valence-electron chi connectivity index (χ1n) is 11.6. The highest BCUT2D eigenvalue weighted by molar-refractivity contribution is 6.07. The van der Waals surface area contributed by atoms with Gasteiger partial charge in [-0.1, -0.05) is 30.3 Å². The Hall–Kier alpha value is -2.72. The Morgan fingerprint density at radius 1 is 1.10 bits per heavy atom. The van der Waals surface area contributed by atoms with Gasteiger partial charge < -0.3 is 10.2 Å². The van der Waals surface area contributed by atoms with Gasteiger partial charge in [-0.15, -0.1) is 0 Å². The van der Waals surface area contributed by atoms with Crippen molar-refractivity contribution >= 4 is 16.8 Å². The number of hydrogen-bond donors (Lipinski definition) is 2. The quantitative estimate of drug-likeness (QED) is 0.595. The van der Waals surface area contributed by atoms with E-state index < -0.39 is 0 Å². The van der Waals surface area contributed by atoms with Crippen LogP contribution < -0.4 is 10.2 Å². The number of aromatic nitrogens is 1. The van der Waals surface area contributed by atoms with E-state index in [1.807, 2.05) is 30.3 Å². The lowest BCUT2D eigenvalue weighted by Crippen LogP contribution is -3.16. The molecule has 31 heavy (non-hydrogen) atoms. The van der Waals surface area contributed by atoms with E-state index in [2.05, 4.69) is 44.3 Å². The molecule has 4 nitrogen and oxygen atoms in total. The predicted octanol–water partition coefficient (Wildman–Crippen LogP) is 4.10. The average Bonchev–Trinajstić information content (AvgIpc) is 2.78. The molecule has 2 aromatic carbocycles. The molecule has 2 heterocycles. The molecule has 1 aromatic heterocycles. The third-order valence-corrected chi connectivity index (χ3v) is 6.81. The molecule has 1 saturated heterocycles. The number of quaternary nitrogens is 1. The first-order valence-corrected chi connectivity index (χ1v) is 11.6. The monoisotopic (exact) mass is 416 g/mol.